The first-order chi connectivity index (χ1) is 13.9. The van der Waals surface area contributed by atoms with E-state index in [1.165, 1.54) is 25.5 Å². The molecule has 4 aliphatic rings. The fourth-order valence-electron chi connectivity index (χ4n) is 5.98. The second kappa shape index (κ2) is 7.76. The van der Waals surface area contributed by atoms with Crippen LogP contribution in [0.5, 0.6) is 0 Å². The van der Waals surface area contributed by atoms with Crippen molar-refractivity contribution >= 4 is 17.7 Å². The van der Waals surface area contributed by atoms with Crippen molar-refractivity contribution in [3.8, 4) is 0 Å². The molecule has 0 aliphatic heterocycles. The number of hydrogen-bond donors (Lipinski definition) is 3. The summed E-state index contributed by atoms with van der Waals surface area (Å²) in [6, 6.07) is 4.28. The van der Waals surface area contributed by atoms with Gasteiger partial charge in [-0.1, -0.05) is 19.9 Å². The van der Waals surface area contributed by atoms with Gasteiger partial charge in [0.1, 0.15) is 11.7 Å². The molecule has 156 valence electrons. The summed E-state index contributed by atoms with van der Waals surface area (Å²) in [5, 5.41) is 3.02. The molecule has 4 saturated carbocycles. The van der Waals surface area contributed by atoms with Crippen LogP contribution in [0.2, 0.25) is 0 Å². The average molecular weight is 399 g/mol. The Morgan fingerprint density at radius 1 is 1.00 bits per heavy atom. The third-order valence-corrected chi connectivity index (χ3v) is 6.95. The number of carbonyl (C=O) groups excluding carboxylic acids is 3. The van der Waals surface area contributed by atoms with Crippen LogP contribution in [0.25, 0.3) is 0 Å². The van der Waals surface area contributed by atoms with Gasteiger partial charge in [0, 0.05) is 11.6 Å². The predicted octanol–water partition coefficient (Wildman–Crippen LogP) is 2.20. The lowest BCUT2D eigenvalue weighted by Crippen LogP contribution is -2.59. The molecule has 4 bridgehead atoms. The number of hydrazine groups is 1. The highest BCUT2D eigenvalue weighted by Gasteiger charge is 2.55. The van der Waals surface area contributed by atoms with Crippen molar-refractivity contribution in [2.45, 2.75) is 58.4 Å². The molecule has 5 rings (SSSR count). The SMILES string of the molecule is CC(C)C(NC(=O)C12CC3CC(CC(C3)C1)C2)C(=O)NNC(=O)c1ccccn1. The second-order valence-corrected chi connectivity index (χ2v) is 9.55. The Hall–Kier alpha value is -2.44. The Morgan fingerprint density at radius 2 is 1.62 bits per heavy atom. The number of carbonyl (C=O) groups is 3. The van der Waals surface area contributed by atoms with E-state index in [-0.39, 0.29) is 22.9 Å². The van der Waals surface area contributed by atoms with E-state index in [0.29, 0.717) is 17.8 Å². The molecule has 0 radical (unpaired) electrons. The van der Waals surface area contributed by atoms with E-state index in [9.17, 15) is 14.4 Å². The molecule has 0 spiro atoms. The number of nitrogens with one attached hydrogen (secondary N) is 3. The van der Waals surface area contributed by atoms with Crippen LogP contribution in [-0.4, -0.2) is 28.7 Å². The van der Waals surface area contributed by atoms with Gasteiger partial charge in [-0.05, 0) is 74.3 Å². The normalized spacial score (nSPS) is 30.7. The van der Waals surface area contributed by atoms with Crippen molar-refractivity contribution in [1.29, 1.82) is 0 Å². The van der Waals surface area contributed by atoms with Crippen LogP contribution in [-0.2, 0) is 9.59 Å². The second-order valence-electron chi connectivity index (χ2n) is 9.55. The largest absolute Gasteiger partial charge is 0.344 e. The molecule has 0 saturated heterocycles. The van der Waals surface area contributed by atoms with E-state index in [1.807, 2.05) is 13.8 Å². The summed E-state index contributed by atoms with van der Waals surface area (Å²) in [6.07, 6.45) is 8.16. The molecule has 1 aromatic heterocycles. The van der Waals surface area contributed by atoms with Crippen molar-refractivity contribution in [3.05, 3.63) is 30.1 Å². The van der Waals surface area contributed by atoms with E-state index >= 15 is 0 Å². The molecule has 4 fully saturated rings. The minimum atomic E-state index is -0.695. The highest BCUT2D eigenvalue weighted by atomic mass is 16.2. The molecule has 0 aromatic carbocycles. The van der Waals surface area contributed by atoms with Crippen molar-refractivity contribution < 1.29 is 14.4 Å². The molecular weight excluding hydrogens is 368 g/mol. The van der Waals surface area contributed by atoms with Gasteiger partial charge >= 0.3 is 0 Å². The van der Waals surface area contributed by atoms with Gasteiger partial charge < -0.3 is 5.32 Å². The lowest BCUT2D eigenvalue weighted by Gasteiger charge is -2.55. The molecule has 7 heteroatoms. The molecule has 1 atom stereocenters. The van der Waals surface area contributed by atoms with Crippen LogP contribution < -0.4 is 16.2 Å². The predicted molar refractivity (Wildman–Crippen MR) is 107 cm³/mol. The summed E-state index contributed by atoms with van der Waals surface area (Å²) in [5.74, 6) is 1.00. The van der Waals surface area contributed by atoms with Gasteiger partial charge in [-0.15, -0.1) is 0 Å². The first-order valence-electron chi connectivity index (χ1n) is 10.7. The van der Waals surface area contributed by atoms with E-state index in [4.69, 9.17) is 0 Å². The first kappa shape index (κ1) is 19.9. The monoisotopic (exact) mass is 398 g/mol. The molecule has 1 heterocycles. The molecule has 1 aromatic rings. The van der Waals surface area contributed by atoms with Crippen molar-refractivity contribution in [1.82, 2.24) is 21.2 Å². The number of aromatic nitrogens is 1. The highest BCUT2D eigenvalue weighted by molar-refractivity contribution is 5.95. The molecule has 7 nitrogen and oxygen atoms in total. The summed E-state index contributed by atoms with van der Waals surface area (Å²) in [4.78, 5) is 42.1. The summed E-state index contributed by atoms with van der Waals surface area (Å²) >= 11 is 0. The van der Waals surface area contributed by atoms with Gasteiger partial charge in [0.05, 0.1) is 0 Å². The Kier molecular flexibility index (Phi) is 5.32. The number of rotatable bonds is 5. The smallest absolute Gasteiger partial charge is 0.288 e. The van der Waals surface area contributed by atoms with Gasteiger partial charge in [-0.2, -0.15) is 0 Å². The van der Waals surface area contributed by atoms with Crippen LogP contribution in [0.4, 0.5) is 0 Å². The third-order valence-electron chi connectivity index (χ3n) is 6.95. The maximum Gasteiger partial charge on any atom is 0.288 e. The Labute approximate surface area is 171 Å². The fraction of sp³-hybridized carbons (Fsp3) is 0.636. The molecule has 1 unspecified atom stereocenters. The van der Waals surface area contributed by atoms with Gasteiger partial charge in [0.2, 0.25) is 5.91 Å². The highest BCUT2D eigenvalue weighted by Crippen LogP contribution is 2.60. The lowest BCUT2D eigenvalue weighted by atomic mass is 9.49. The summed E-state index contributed by atoms with van der Waals surface area (Å²) in [5.41, 5.74) is 4.75. The zero-order valence-corrected chi connectivity index (χ0v) is 17.1. The standard InChI is InChI=1S/C22H30N4O3/c1-13(2)18(20(28)26-25-19(27)17-5-3-4-6-23-17)24-21(29)22-10-14-7-15(11-22)9-16(8-14)12-22/h3-6,13-16,18H,7-12H2,1-2H3,(H,24,29)(H,25,27)(H,26,28). The lowest BCUT2D eigenvalue weighted by molar-refractivity contribution is -0.149. The summed E-state index contributed by atoms with van der Waals surface area (Å²) < 4.78 is 0. The average Bonchev–Trinajstić information content (AvgIpc) is 2.69. The quantitative estimate of drug-likeness (QED) is 0.662. The summed E-state index contributed by atoms with van der Waals surface area (Å²) in [7, 11) is 0. The van der Waals surface area contributed by atoms with Crippen LogP contribution in [0.3, 0.4) is 0 Å². The van der Waals surface area contributed by atoms with Crippen LogP contribution in [0.1, 0.15) is 62.9 Å². The van der Waals surface area contributed by atoms with Crippen LogP contribution in [0, 0.1) is 29.1 Å². The minimum absolute atomic E-state index is 0.0153. The van der Waals surface area contributed by atoms with Crippen LogP contribution >= 0.6 is 0 Å². The maximum atomic E-state index is 13.3. The maximum absolute atomic E-state index is 13.3. The molecule has 4 aliphatic carbocycles. The van der Waals surface area contributed by atoms with Gasteiger partial charge in [0.25, 0.3) is 11.8 Å². The van der Waals surface area contributed by atoms with Crippen molar-refractivity contribution in [3.63, 3.8) is 0 Å². The van der Waals surface area contributed by atoms with Gasteiger partial charge in [-0.25, -0.2) is 0 Å². The Balaban J connectivity index is 1.38. The van der Waals surface area contributed by atoms with Crippen molar-refractivity contribution in [2.75, 3.05) is 0 Å². The van der Waals surface area contributed by atoms with E-state index in [2.05, 4.69) is 21.2 Å². The van der Waals surface area contributed by atoms with Crippen molar-refractivity contribution in [2.24, 2.45) is 29.1 Å². The van der Waals surface area contributed by atoms with Gasteiger partial charge in [0.15, 0.2) is 0 Å². The zero-order chi connectivity index (χ0) is 20.6. The van der Waals surface area contributed by atoms with E-state index in [0.717, 1.165) is 19.3 Å². The number of hydrogen-bond acceptors (Lipinski definition) is 4. The number of amides is 3. The summed E-state index contributed by atoms with van der Waals surface area (Å²) in [6.45, 7) is 3.79. The topological polar surface area (TPSA) is 100 Å². The molecule has 3 amide bonds. The number of nitrogens with zero attached hydrogens (tertiary/aromatic N) is 1. The van der Waals surface area contributed by atoms with E-state index < -0.39 is 17.9 Å². The zero-order valence-electron chi connectivity index (χ0n) is 17.1. The minimum Gasteiger partial charge on any atom is -0.344 e. The molecular formula is C22H30N4O3. The molecule has 29 heavy (non-hydrogen) atoms. The number of pyridine rings is 1. The Bertz CT molecular complexity index is 757. The third kappa shape index (κ3) is 4.00. The van der Waals surface area contributed by atoms with Gasteiger partial charge in [-0.3, -0.25) is 30.2 Å². The first-order valence-corrected chi connectivity index (χ1v) is 10.7. The van der Waals surface area contributed by atoms with Crippen LogP contribution in [0.15, 0.2) is 24.4 Å². The van der Waals surface area contributed by atoms with E-state index in [1.54, 1.807) is 18.2 Å². The Morgan fingerprint density at radius 3 is 2.14 bits per heavy atom. The fourth-order valence-corrected chi connectivity index (χ4v) is 5.98. The molecule has 3 N–H and O–H groups in total.